The van der Waals surface area contributed by atoms with Crippen LogP contribution in [0.1, 0.15) is 16.4 Å². The first kappa shape index (κ1) is 19.3. The number of hydrogen-bond acceptors (Lipinski definition) is 5. The fourth-order valence-corrected chi connectivity index (χ4v) is 3.99. The highest BCUT2D eigenvalue weighted by molar-refractivity contribution is 5.91. The van der Waals surface area contributed by atoms with Crippen molar-refractivity contribution in [1.29, 1.82) is 0 Å². The third kappa shape index (κ3) is 3.75. The first-order chi connectivity index (χ1) is 15.2. The van der Waals surface area contributed by atoms with Crippen LogP contribution in [0, 0.1) is 0 Å². The third-order valence-corrected chi connectivity index (χ3v) is 5.62. The highest BCUT2D eigenvalue weighted by Crippen LogP contribution is 2.16. The number of para-hydroxylation sites is 2. The van der Waals surface area contributed by atoms with Crippen LogP contribution in [0.3, 0.4) is 0 Å². The van der Waals surface area contributed by atoms with Gasteiger partial charge in [-0.1, -0.05) is 30.3 Å². The quantitative estimate of drug-likeness (QED) is 0.514. The van der Waals surface area contributed by atoms with E-state index in [9.17, 15) is 9.59 Å². The zero-order valence-corrected chi connectivity index (χ0v) is 17.0. The average molecular weight is 414 g/mol. The van der Waals surface area contributed by atoms with Crippen LogP contribution in [0.5, 0.6) is 0 Å². The molecule has 1 aliphatic heterocycles. The lowest BCUT2D eigenvalue weighted by molar-refractivity contribution is 0.0594. The van der Waals surface area contributed by atoms with Crippen LogP contribution < -0.4 is 5.56 Å². The second kappa shape index (κ2) is 8.20. The molecule has 0 aliphatic carbocycles. The van der Waals surface area contributed by atoms with Crippen molar-refractivity contribution in [1.82, 2.24) is 19.4 Å². The molecule has 0 N–H and O–H groups in total. The van der Waals surface area contributed by atoms with E-state index < -0.39 is 0 Å². The Morgan fingerprint density at radius 2 is 1.65 bits per heavy atom. The Kier molecular flexibility index (Phi) is 5.09. The maximum Gasteiger partial charge on any atom is 0.289 e. The van der Waals surface area contributed by atoms with Gasteiger partial charge in [0, 0.05) is 26.2 Å². The van der Waals surface area contributed by atoms with E-state index in [2.05, 4.69) is 4.90 Å². The monoisotopic (exact) mass is 414 g/mol. The van der Waals surface area contributed by atoms with Crippen molar-refractivity contribution >= 4 is 16.8 Å². The standard InChI is InChI=1S/C24H22N4O3/c29-23-19-9-4-5-10-20(19)25-22(28(23)18-7-2-1-3-8-18)17-26-12-14-27(15-13-26)24(30)21-11-6-16-31-21/h1-11,16H,12-15,17H2. The summed E-state index contributed by atoms with van der Waals surface area (Å²) in [5.41, 5.74) is 1.42. The van der Waals surface area contributed by atoms with Crippen molar-refractivity contribution in [3.8, 4) is 5.69 Å². The largest absolute Gasteiger partial charge is 0.459 e. The van der Waals surface area contributed by atoms with Crippen LogP contribution in [0.25, 0.3) is 16.6 Å². The first-order valence-corrected chi connectivity index (χ1v) is 10.3. The number of aromatic nitrogens is 2. The molecule has 1 fully saturated rings. The zero-order chi connectivity index (χ0) is 21.2. The predicted octanol–water partition coefficient (Wildman–Crippen LogP) is 2.94. The van der Waals surface area contributed by atoms with Gasteiger partial charge in [0.2, 0.25) is 0 Å². The summed E-state index contributed by atoms with van der Waals surface area (Å²) >= 11 is 0. The van der Waals surface area contributed by atoms with Crippen LogP contribution in [0.4, 0.5) is 0 Å². The SMILES string of the molecule is O=C(c1ccco1)N1CCN(Cc2nc3ccccc3c(=O)n2-c2ccccc2)CC1. The van der Waals surface area contributed by atoms with Crippen LogP contribution in [-0.2, 0) is 6.54 Å². The molecule has 0 radical (unpaired) electrons. The van der Waals surface area contributed by atoms with E-state index in [0.717, 1.165) is 5.69 Å². The Labute approximate surface area is 179 Å². The molecule has 0 unspecified atom stereocenters. The number of furan rings is 1. The Balaban J connectivity index is 1.42. The Hall–Kier alpha value is -3.71. The summed E-state index contributed by atoms with van der Waals surface area (Å²) in [5.74, 6) is 0.970. The molecule has 5 rings (SSSR count). The number of carbonyl (C=O) groups is 1. The highest BCUT2D eigenvalue weighted by atomic mass is 16.3. The molecule has 2 aromatic carbocycles. The van der Waals surface area contributed by atoms with Gasteiger partial charge in [-0.2, -0.15) is 0 Å². The maximum absolute atomic E-state index is 13.3. The van der Waals surface area contributed by atoms with Gasteiger partial charge in [0.1, 0.15) is 5.82 Å². The summed E-state index contributed by atoms with van der Waals surface area (Å²) in [4.78, 5) is 34.7. The number of nitrogens with zero attached hydrogens (tertiary/aromatic N) is 4. The molecule has 1 saturated heterocycles. The first-order valence-electron chi connectivity index (χ1n) is 10.3. The van der Waals surface area contributed by atoms with Gasteiger partial charge in [-0.15, -0.1) is 0 Å². The minimum atomic E-state index is -0.0883. The molecule has 1 amide bonds. The molecular weight excluding hydrogens is 392 g/mol. The van der Waals surface area contributed by atoms with Crippen LogP contribution in [0.15, 0.2) is 82.2 Å². The topological polar surface area (TPSA) is 71.6 Å². The lowest BCUT2D eigenvalue weighted by Gasteiger charge is -2.34. The van der Waals surface area contributed by atoms with Gasteiger partial charge in [0.05, 0.1) is 29.4 Å². The number of piperazine rings is 1. The van der Waals surface area contributed by atoms with Gasteiger partial charge in [-0.05, 0) is 36.4 Å². The molecule has 0 saturated carbocycles. The summed E-state index contributed by atoms with van der Waals surface area (Å²) in [6.45, 7) is 3.12. The van der Waals surface area contributed by atoms with Gasteiger partial charge in [0.15, 0.2) is 5.76 Å². The normalized spacial score (nSPS) is 14.8. The molecule has 156 valence electrons. The van der Waals surface area contributed by atoms with E-state index in [4.69, 9.17) is 9.40 Å². The lowest BCUT2D eigenvalue weighted by atomic mass is 10.2. The van der Waals surface area contributed by atoms with Crippen molar-refractivity contribution in [2.75, 3.05) is 26.2 Å². The number of benzene rings is 2. The molecule has 7 heteroatoms. The molecule has 2 aromatic heterocycles. The molecule has 31 heavy (non-hydrogen) atoms. The van der Waals surface area contributed by atoms with E-state index in [1.165, 1.54) is 6.26 Å². The van der Waals surface area contributed by atoms with E-state index in [-0.39, 0.29) is 11.5 Å². The second-order valence-corrected chi connectivity index (χ2v) is 7.57. The molecule has 0 spiro atoms. The average Bonchev–Trinajstić information content (AvgIpc) is 3.35. The molecular formula is C24H22N4O3. The maximum atomic E-state index is 13.3. The summed E-state index contributed by atoms with van der Waals surface area (Å²) in [5, 5.41) is 0.601. The van der Waals surface area contributed by atoms with E-state index >= 15 is 0 Å². The smallest absolute Gasteiger partial charge is 0.289 e. The van der Waals surface area contributed by atoms with Crippen molar-refractivity contribution in [3.05, 3.63) is 94.9 Å². The van der Waals surface area contributed by atoms with Crippen molar-refractivity contribution in [2.24, 2.45) is 0 Å². The van der Waals surface area contributed by atoms with Gasteiger partial charge in [-0.25, -0.2) is 4.98 Å². The molecule has 0 atom stereocenters. The van der Waals surface area contributed by atoms with Gasteiger partial charge in [-0.3, -0.25) is 19.1 Å². The summed E-state index contributed by atoms with van der Waals surface area (Å²) in [6.07, 6.45) is 1.51. The number of rotatable bonds is 4. The molecule has 3 heterocycles. The molecule has 7 nitrogen and oxygen atoms in total. The molecule has 0 bridgehead atoms. The minimum Gasteiger partial charge on any atom is -0.459 e. The van der Waals surface area contributed by atoms with Gasteiger partial charge >= 0.3 is 0 Å². The Morgan fingerprint density at radius 3 is 2.39 bits per heavy atom. The van der Waals surface area contributed by atoms with Crippen LogP contribution >= 0.6 is 0 Å². The highest BCUT2D eigenvalue weighted by Gasteiger charge is 2.25. The summed E-state index contributed by atoms with van der Waals surface area (Å²) < 4.78 is 6.93. The minimum absolute atomic E-state index is 0.0709. The number of carbonyl (C=O) groups excluding carboxylic acids is 1. The van der Waals surface area contributed by atoms with Gasteiger partial charge < -0.3 is 9.32 Å². The number of amides is 1. The van der Waals surface area contributed by atoms with E-state index in [0.29, 0.717) is 55.2 Å². The van der Waals surface area contributed by atoms with Crippen molar-refractivity contribution in [2.45, 2.75) is 6.54 Å². The fourth-order valence-electron chi connectivity index (χ4n) is 3.99. The van der Waals surface area contributed by atoms with E-state index in [1.807, 2.05) is 54.6 Å². The predicted molar refractivity (Wildman–Crippen MR) is 117 cm³/mol. The fraction of sp³-hybridized carbons (Fsp3) is 0.208. The summed E-state index contributed by atoms with van der Waals surface area (Å²) in [7, 11) is 0. The van der Waals surface area contributed by atoms with Gasteiger partial charge in [0.25, 0.3) is 11.5 Å². The van der Waals surface area contributed by atoms with Crippen molar-refractivity contribution in [3.63, 3.8) is 0 Å². The number of fused-ring (bicyclic) bond motifs is 1. The Morgan fingerprint density at radius 1 is 0.903 bits per heavy atom. The van der Waals surface area contributed by atoms with E-state index in [1.54, 1.807) is 21.6 Å². The third-order valence-electron chi connectivity index (χ3n) is 5.62. The summed E-state index contributed by atoms with van der Waals surface area (Å²) in [6, 6.07) is 20.4. The van der Waals surface area contributed by atoms with Crippen molar-refractivity contribution < 1.29 is 9.21 Å². The lowest BCUT2D eigenvalue weighted by Crippen LogP contribution is -2.48. The van der Waals surface area contributed by atoms with Crippen LogP contribution in [-0.4, -0.2) is 51.4 Å². The second-order valence-electron chi connectivity index (χ2n) is 7.57. The molecule has 1 aliphatic rings. The Bertz CT molecular complexity index is 1260. The molecule has 4 aromatic rings. The van der Waals surface area contributed by atoms with Crippen LogP contribution in [0.2, 0.25) is 0 Å². The number of hydrogen-bond donors (Lipinski definition) is 0. The zero-order valence-electron chi connectivity index (χ0n) is 17.0.